The van der Waals surface area contributed by atoms with E-state index in [4.69, 9.17) is 0 Å². The van der Waals surface area contributed by atoms with Gasteiger partial charge in [-0.15, -0.1) is 0 Å². The van der Waals surface area contributed by atoms with Gasteiger partial charge in [-0.25, -0.2) is 14.4 Å². The van der Waals surface area contributed by atoms with Gasteiger partial charge in [0.25, 0.3) is 0 Å². The first-order valence-corrected chi connectivity index (χ1v) is 7.58. The first-order chi connectivity index (χ1) is 11.6. The van der Waals surface area contributed by atoms with E-state index in [1.54, 1.807) is 13.0 Å². The van der Waals surface area contributed by atoms with Crippen molar-refractivity contribution in [3.8, 4) is 0 Å². The number of hydrogen-bond donors (Lipinski definition) is 1. The highest BCUT2D eigenvalue weighted by Crippen LogP contribution is 2.27. The fourth-order valence-electron chi connectivity index (χ4n) is 2.27. The van der Waals surface area contributed by atoms with Crippen LogP contribution >= 0.6 is 0 Å². The third-order valence-corrected chi connectivity index (χ3v) is 3.52. The van der Waals surface area contributed by atoms with E-state index in [2.05, 4.69) is 15.3 Å². The first-order valence-electron chi connectivity index (χ1n) is 7.58. The molecule has 1 aromatic carbocycles. The normalized spacial score (nSPS) is 11.4. The molecule has 0 saturated carbocycles. The minimum absolute atomic E-state index is 0.00787. The van der Waals surface area contributed by atoms with Crippen molar-refractivity contribution in [1.29, 1.82) is 0 Å². The van der Waals surface area contributed by atoms with Crippen LogP contribution in [0.5, 0.6) is 0 Å². The number of hydrogen-bond acceptors (Lipinski definition) is 3. The van der Waals surface area contributed by atoms with Gasteiger partial charge in [0.05, 0.1) is 6.42 Å². The zero-order valence-corrected chi connectivity index (χ0v) is 13.7. The Morgan fingerprint density at radius 1 is 1.16 bits per heavy atom. The highest BCUT2D eigenvalue weighted by Gasteiger charge is 2.33. The quantitative estimate of drug-likeness (QED) is 0.839. The molecule has 0 atom stereocenters. The van der Waals surface area contributed by atoms with Crippen LogP contribution in [0.4, 0.5) is 17.6 Å². The van der Waals surface area contributed by atoms with Gasteiger partial charge in [-0.3, -0.25) is 4.79 Å². The van der Waals surface area contributed by atoms with Gasteiger partial charge in [0.15, 0.2) is 0 Å². The lowest BCUT2D eigenvalue weighted by Crippen LogP contribution is -2.28. The number of carbonyl (C=O) groups excluding carboxylic acids is 1. The van der Waals surface area contributed by atoms with Gasteiger partial charge in [0, 0.05) is 18.7 Å². The second-order valence-electron chi connectivity index (χ2n) is 5.66. The fourth-order valence-corrected chi connectivity index (χ4v) is 2.27. The largest absolute Gasteiger partial charge is 0.433 e. The van der Waals surface area contributed by atoms with E-state index in [9.17, 15) is 22.4 Å². The zero-order valence-electron chi connectivity index (χ0n) is 13.7. The van der Waals surface area contributed by atoms with Crippen LogP contribution in [0.1, 0.15) is 28.3 Å². The summed E-state index contributed by atoms with van der Waals surface area (Å²) in [6, 6.07) is 5.05. The van der Waals surface area contributed by atoms with E-state index < -0.39 is 17.7 Å². The maximum absolute atomic E-state index is 13.2. The number of aryl methyl sites for hydroxylation is 2. The topological polar surface area (TPSA) is 54.9 Å². The Bertz CT molecular complexity index is 775. The van der Waals surface area contributed by atoms with E-state index in [0.717, 1.165) is 11.6 Å². The molecule has 1 aromatic heterocycles. The number of aromatic nitrogens is 2. The van der Waals surface area contributed by atoms with E-state index >= 15 is 0 Å². The van der Waals surface area contributed by atoms with Crippen molar-refractivity contribution in [2.45, 2.75) is 32.9 Å². The number of alkyl halides is 3. The smallest absolute Gasteiger partial charge is 0.355 e. The summed E-state index contributed by atoms with van der Waals surface area (Å²) in [6.07, 6.45) is -4.48. The number of amides is 1. The van der Waals surface area contributed by atoms with Crippen LogP contribution in [-0.2, 0) is 23.8 Å². The summed E-state index contributed by atoms with van der Waals surface area (Å²) in [5.41, 5.74) is 0.549. The molecule has 0 spiro atoms. The summed E-state index contributed by atoms with van der Waals surface area (Å²) in [6.45, 7) is 3.31. The predicted molar refractivity (Wildman–Crippen MR) is 83.3 cm³/mol. The van der Waals surface area contributed by atoms with E-state index in [0.29, 0.717) is 5.56 Å². The molecule has 1 heterocycles. The number of halogens is 4. The number of nitrogens with zero attached hydrogens (tertiary/aromatic N) is 2. The lowest BCUT2D eigenvalue weighted by molar-refractivity contribution is -0.141. The molecule has 0 aliphatic carbocycles. The Morgan fingerprint density at radius 2 is 1.88 bits per heavy atom. The van der Waals surface area contributed by atoms with Gasteiger partial charge < -0.3 is 5.32 Å². The average Bonchev–Trinajstić information content (AvgIpc) is 2.49. The van der Waals surface area contributed by atoms with Gasteiger partial charge >= 0.3 is 6.18 Å². The van der Waals surface area contributed by atoms with Crippen LogP contribution in [-0.4, -0.2) is 22.4 Å². The maximum atomic E-state index is 13.2. The standard InChI is InChI=1S/C17H17F4N3O/c1-10-3-4-13(18)8-12(10)9-16(25)22-6-5-15-23-11(2)7-14(24-15)17(19,20)21/h3-4,7-8H,5-6,9H2,1-2H3,(H,22,25). The molecule has 2 rings (SSSR count). The van der Waals surface area contributed by atoms with Gasteiger partial charge in [0.1, 0.15) is 17.3 Å². The van der Waals surface area contributed by atoms with Crippen molar-refractivity contribution < 1.29 is 22.4 Å². The van der Waals surface area contributed by atoms with Crippen molar-refractivity contribution in [1.82, 2.24) is 15.3 Å². The van der Waals surface area contributed by atoms with Crippen molar-refractivity contribution >= 4 is 5.91 Å². The van der Waals surface area contributed by atoms with Crippen molar-refractivity contribution in [3.05, 3.63) is 58.4 Å². The fraction of sp³-hybridized carbons (Fsp3) is 0.353. The molecule has 0 aliphatic rings. The summed E-state index contributed by atoms with van der Waals surface area (Å²) in [5, 5.41) is 2.58. The third kappa shape index (κ3) is 5.51. The molecule has 25 heavy (non-hydrogen) atoms. The minimum Gasteiger partial charge on any atom is -0.355 e. The Labute approximate surface area is 142 Å². The van der Waals surface area contributed by atoms with Crippen molar-refractivity contribution in [2.75, 3.05) is 6.54 Å². The Kier molecular flexibility index (Phi) is 5.71. The van der Waals surface area contributed by atoms with Gasteiger partial charge in [0.2, 0.25) is 5.91 Å². The summed E-state index contributed by atoms with van der Waals surface area (Å²) < 4.78 is 51.4. The first kappa shape index (κ1) is 18.8. The molecule has 8 heteroatoms. The molecule has 2 aromatic rings. The highest BCUT2D eigenvalue weighted by molar-refractivity contribution is 5.78. The summed E-state index contributed by atoms with van der Waals surface area (Å²) in [5.74, 6) is -0.770. The molecule has 1 N–H and O–H groups in total. The predicted octanol–water partition coefficient (Wildman–Crippen LogP) is 3.15. The lowest BCUT2D eigenvalue weighted by Gasteiger charge is -2.10. The Balaban J connectivity index is 1.93. The second kappa shape index (κ2) is 7.58. The summed E-state index contributed by atoms with van der Waals surface area (Å²) >= 11 is 0. The summed E-state index contributed by atoms with van der Waals surface area (Å²) in [4.78, 5) is 19.3. The average molecular weight is 355 g/mol. The molecule has 1 amide bonds. The van der Waals surface area contributed by atoms with E-state index in [1.165, 1.54) is 19.1 Å². The van der Waals surface area contributed by atoms with Crippen LogP contribution in [0.3, 0.4) is 0 Å². The van der Waals surface area contributed by atoms with Crippen LogP contribution < -0.4 is 5.32 Å². The molecule has 0 bridgehead atoms. The highest BCUT2D eigenvalue weighted by atomic mass is 19.4. The molecule has 0 saturated heterocycles. The van der Waals surface area contributed by atoms with Gasteiger partial charge in [-0.1, -0.05) is 6.07 Å². The number of nitrogens with one attached hydrogen (secondary N) is 1. The number of benzene rings is 1. The monoisotopic (exact) mass is 355 g/mol. The van der Waals surface area contributed by atoms with Crippen LogP contribution in [0.25, 0.3) is 0 Å². The third-order valence-electron chi connectivity index (χ3n) is 3.52. The Morgan fingerprint density at radius 3 is 2.56 bits per heavy atom. The minimum atomic E-state index is -4.54. The SMILES string of the molecule is Cc1cc(C(F)(F)F)nc(CCNC(=O)Cc2cc(F)ccc2C)n1. The molecule has 0 unspecified atom stereocenters. The molecule has 0 fully saturated rings. The van der Waals surface area contributed by atoms with Crippen molar-refractivity contribution in [2.24, 2.45) is 0 Å². The number of rotatable bonds is 5. The second-order valence-corrected chi connectivity index (χ2v) is 5.66. The molecule has 0 aliphatic heterocycles. The molecular weight excluding hydrogens is 338 g/mol. The zero-order chi connectivity index (χ0) is 18.6. The maximum Gasteiger partial charge on any atom is 0.433 e. The molecule has 134 valence electrons. The molecule has 4 nitrogen and oxygen atoms in total. The van der Waals surface area contributed by atoms with Crippen LogP contribution in [0.2, 0.25) is 0 Å². The van der Waals surface area contributed by atoms with Gasteiger partial charge in [-0.2, -0.15) is 13.2 Å². The molecule has 0 radical (unpaired) electrons. The van der Waals surface area contributed by atoms with E-state index in [1.807, 2.05) is 0 Å². The number of carbonyl (C=O) groups is 1. The van der Waals surface area contributed by atoms with Crippen LogP contribution in [0, 0.1) is 19.7 Å². The van der Waals surface area contributed by atoms with E-state index in [-0.39, 0.29) is 36.8 Å². The van der Waals surface area contributed by atoms with Crippen LogP contribution in [0.15, 0.2) is 24.3 Å². The Hall–Kier alpha value is -2.51. The summed E-state index contributed by atoms with van der Waals surface area (Å²) in [7, 11) is 0. The molecular formula is C17H17F4N3O. The lowest BCUT2D eigenvalue weighted by atomic mass is 10.1. The van der Waals surface area contributed by atoms with Gasteiger partial charge in [-0.05, 0) is 43.2 Å². The van der Waals surface area contributed by atoms with Crippen molar-refractivity contribution in [3.63, 3.8) is 0 Å².